The molecule has 1 aromatic carbocycles. The number of hydrogen-bond acceptors (Lipinski definition) is 10. The number of carbonyl (C=O) groups excluding carboxylic acids is 5. The molecule has 1 aromatic rings. The summed E-state index contributed by atoms with van der Waals surface area (Å²) < 4.78 is 24.0. The van der Waals surface area contributed by atoms with E-state index in [9.17, 15) is 24.0 Å². The molecule has 0 aromatic heterocycles. The van der Waals surface area contributed by atoms with Gasteiger partial charge in [-0.2, -0.15) is 0 Å². The van der Waals surface area contributed by atoms with Crippen LogP contribution in [0.2, 0.25) is 0 Å². The van der Waals surface area contributed by atoms with Gasteiger partial charge in [0.2, 0.25) is 5.41 Å². The molecule has 1 aliphatic rings. The summed E-state index contributed by atoms with van der Waals surface area (Å²) in [7, 11) is 4.94. The molecule has 0 radical (unpaired) electrons. The number of benzene rings is 1. The maximum absolute atomic E-state index is 13.1. The van der Waals surface area contributed by atoms with Crippen molar-refractivity contribution in [1.29, 1.82) is 0 Å². The Hall–Kier alpha value is -3.95. The molecule has 0 fully saturated rings. The van der Waals surface area contributed by atoms with E-state index < -0.39 is 52.0 Å². The molecular weight excluding hydrogens is 424 g/mol. The molecule has 1 aliphatic carbocycles. The highest BCUT2D eigenvalue weighted by atomic mass is 16.6. The van der Waals surface area contributed by atoms with Gasteiger partial charge < -0.3 is 23.7 Å². The van der Waals surface area contributed by atoms with Crippen molar-refractivity contribution in [2.75, 3.05) is 35.5 Å². The number of carbonyl (C=O) groups is 5. The van der Waals surface area contributed by atoms with Crippen LogP contribution in [0.15, 0.2) is 52.6 Å². The summed E-state index contributed by atoms with van der Waals surface area (Å²) in [5, 5.41) is 0. The molecule has 0 heterocycles. The van der Waals surface area contributed by atoms with Crippen LogP contribution in [-0.2, 0) is 54.1 Å². The Bertz CT molecular complexity index is 1000. The Morgan fingerprint density at radius 3 is 1.56 bits per heavy atom. The predicted molar refractivity (Wildman–Crippen MR) is 107 cm³/mol. The fourth-order valence-electron chi connectivity index (χ4n) is 3.65. The summed E-state index contributed by atoms with van der Waals surface area (Å²) in [6.45, 7) is 0. The van der Waals surface area contributed by atoms with E-state index in [1.165, 1.54) is 0 Å². The fourth-order valence-corrected chi connectivity index (χ4v) is 3.65. The molecule has 10 nitrogen and oxygen atoms in total. The van der Waals surface area contributed by atoms with Crippen molar-refractivity contribution in [1.82, 2.24) is 0 Å². The zero-order chi connectivity index (χ0) is 24.1. The second kappa shape index (κ2) is 9.90. The van der Waals surface area contributed by atoms with Crippen LogP contribution in [0.3, 0.4) is 0 Å². The molecular formula is C22H22O10. The van der Waals surface area contributed by atoms with Crippen molar-refractivity contribution >= 4 is 29.8 Å². The first kappa shape index (κ1) is 24.3. The third-order valence-electron chi connectivity index (χ3n) is 4.98. The van der Waals surface area contributed by atoms with E-state index in [2.05, 4.69) is 0 Å². The molecule has 0 spiro atoms. The lowest BCUT2D eigenvalue weighted by Gasteiger charge is -2.27. The minimum absolute atomic E-state index is 0.133. The van der Waals surface area contributed by atoms with Crippen LogP contribution in [0.4, 0.5) is 0 Å². The SMILES string of the molecule is COC(=O)C1=C(C(=O)OC)C(C(=O)OC)(C(=O)OC)C(C(=O)OC)=C1Cc1ccccc1. The lowest BCUT2D eigenvalue weighted by atomic mass is 9.75. The van der Waals surface area contributed by atoms with Crippen molar-refractivity contribution in [2.45, 2.75) is 6.42 Å². The van der Waals surface area contributed by atoms with E-state index in [1.807, 2.05) is 0 Å². The average molecular weight is 446 g/mol. The highest BCUT2D eigenvalue weighted by molar-refractivity contribution is 6.25. The van der Waals surface area contributed by atoms with Gasteiger partial charge in [-0.3, -0.25) is 9.59 Å². The van der Waals surface area contributed by atoms with Crippen molar-refractivity contribution in [3.05, 3.63) is 58.2 Å². The standard InChI is InChI=1S/C22H22O10/c1-28-17(23)14-13(11-12-9-7-6-8-10-12)15(18(24)29-2)22(20(26)31-4,21(27)32-5)16(14)19(25)30-3/h6-10H,11H2,1-5H3. The largest absolute Gasteiger partial charge is 0.468 e. The van der Waals surface area contributed by atoms with Gasteiger partial charge in [0.05, 0.1) is 52.3 Å². The van der Waals surface area contributed by atoms with Crippen LogP contribution in [0.5, 0.6) is 0 Å². The summed E-state index contributed by atoms with van der Waals surface area (Å²) in [5.41, 5.74) is -4.14. The number of ether oxygens (including phenoxy) is 5. The molecule has 32 heavy (non-hydrogen) atoms. The maximum Gasteiger partial charge on any atom is 0.338 e. The van der Waals surface area contributed by atoms with Crippen LogP contribution in [0, 0.1) is 5.41 Å². The van der Waals surface area contributed by atoms with Gasteiger partial charge in [-0.15, -0.1) is 0 Å². The summed E-state index contributed by atoms with van der Waals surface area (Å²) in [4.78, 5) is 64.9. The van der Waals surface area contributed by atoms with Crippen molar-refractivity contribution in [3.8, 4) is 0 Å². The minimum atomic E-state index is -2.77. The van der Waals surface area contributed by atoms with E-state index in [1.54, 1.807) is 30.3 Å². The quantitative estimate of drug-likeness (QED) is 0.335. The third-order valence-corrected chi connectivity index (χ3v) is 4.98. The van der Waals surface area contributed by atoms with Crippen LogP contribution in [-0.4, -0.2) is 65.4 Å². The molecule has 10 heteroatoms. The topological polar surface area (TPSA) is 132 Å². The van der Waals surface area contributed by atoms with E-state index in [0.29, 0.717) is 5.56 Å². The van der Waals surface area contributed by atoms with Gasteiger partial charge in [-0.05, 0) is 17.6 Å². The van der Waals surface area contributed by atoms with Gasteiger partial charge >= 0.3 is 29.8 Å². The second-order valence-corrected chi connectivity index (χ2v) is 6.47. The molecule has 0 saturated carbocycles. The van der Waals surface area contributed by atoms with Gasteiger partial charge in [0, 0.05) is 0 Å². The third kappa shape index (κ3) is 3.75. The average Bonchev–Trinajstić information content (AvgIpc) is 3.13. The first-order valence-electron chi connectivity index (χ1n) is 9.20. The van der Waals surface area contributed by atoms with Gasteiger partial charge in [0.1, 0.15) is 0 Å². The van der Waals surface area contributed by atoms with Crippen molar-refractivity contribution in [2.24, 2.45) is 5.41 Å². The molecule has 0 unspecified atom stereocenters. The van der Waals surface area contributed by atoms with E-state index in [0.717, 1.165) is 35.5 Å². The highest BCUT2D eigenvalue weighted by Gasteiger charge is 2.66. The van der Waals surface area contributed by atoms with E-state index in [-0.39, 0.29) is 12.0 Å². The van der Waals surface area contributed by atoms with Gasteiger partial charge in [-0.25, -0.2) is 14.4 Å². The summed E-state index contributed by atoms with van der Waals surface area (Å²) >= 11 is 0. The number of esters is 5. The van der Waals surface area contributed by atoms with Crippen LogP contribution >= 0.6 is 0 Å². The molecule has 0 bridgehead atoms. The van der Waals surface area contributed by atoms with Gasteiger partial charge in [0.15, 0.2) is 0 Å². The minimum Gasteiger partial charge on any atom is -0.468 e. The number of hydrogen-bond donors (Lipinski definition) is 0. The van der Waals surface area contributed by atoms with Crippen LogP contribution in [0.25, 0.3) is 0 Å². The summed E-state index contributed by atoms with van der Waals surface area (Å²) in [6.07, 6.45) is -0.133. The Morgan fingerprint density at radius 2 is 1.12 bits per heavy atom. The lowest BCUT2D eigenvalue weighted by molar-refractivity contribution is -0.167. The summed E-state index contributed by atoms with van der Waals surface area (Å²) in [5.74, 6) is -6.13. The monoisotopic (exact) mass is 446 g/mol. The summed E-state index contributed by atoms with van der Waals surface area (Å²) in [6, 6.07) is 8.53. The van der Waals surface area contributed by atoms with E-state index >= 15 is 0 Å². The smallest absolute Gasteiger partial charge is 0.338 e. The first-order valence-corrected chi connectivity index (χ1v) is 9.20. The van der Waals surface area contributed by atoms with Crippen molar-refractivity contribution < 1.29 is 47.7 Å². The van der Waals surface area contributed by atoms with Gasteiger partial charge in [-0.1, -0.05) is 30.3 Å². The zero-order valence-corrected chi connectivity index (χ0v) is 18.2. The number of rotatable bonds is 7. The molecule has 2 rings (SSSR count). The molecule has 0 N–H and O–H groups in total. The van der Waals surface area contributed by atoms with Crippen LogP contribution in [0.1, 0.15) is 5.56 Å². The molecule has 0 atom stereocenters. The lowest BCUT2D eigenvalue weighted by Crippen LogP contribution is -2.47. The maximum atomic E-state index is 13.1. The Morgan fingerprint density at radius 1 is 0.656 bits per heavy atom. The first-order chi connectivity index (χ1) is 15.3. The van der Waals surface area contributed by atoms with Crippen molar-refractivity contribution in [3.63, 3.8) is 0 Å². The normalized spacial score (nSPS) is 14.5. The predicted octanol–water partition coefficient (Wildman–Crippen LogP) is 0.687. The van der Waals surface area contributed by atoms with Gasteiger partial charge in [0.25, 0.3) is 0 Å². The fraction of sp³-hybridized carbons (Fsp3) is 0.318. The second-order valence-electron chi connectivity index (χ2n) is 6.47. The van der Waals surface area contributed by atoms with E-state index in [4.69, 9.17) is 23.7 Å². The highest BCUT2D eigenvalue weighted by Crippen LogP contribution is 2.51. The Labute approximate surface area is 183 Å². The zero-order valence-electron chi connectivity index (χ0n) is 18.2. The molecule has 0 saturated heterocycles. The molecule has 170 valence electrons. The Balaban J connectivity index is 3.11. The Kier molecular flexibility index (Phi) is 7.53. The van der Waals surface area contributed by atoms with Crippen LogP contribution < -0.4 is 0 Å². The molecule has 0 aliphatic heterocycles. The molecule has 0 amide bonds. The number of methoxy groups -OCH3 is 5.